The Morgan fingerprint density at radius 3 is 2.19 bits per heavy atom. The molecule has 0 spiro atoms. The zero-order chi connectivity index (χ0) is 12.7. The predicted octanol–water partition coefficient (Wildman–Crippen LogP) is -3.07. The van der Waals surface area contributed by atoms with Gasteiger partial charge < -0.3 is 30.8 Å². The van der Waals surface area contributed by atoms with Crippen molar-refractivity contribution in [3.63, 3.8) is 0 Å². The maximum absolute atomic E-state index is 11.2. The molecule has 0 aliphatic heterocycles. The van der Waals surface area contributed by atoms with Gasteiger partial charge in [-0.2, -0.15) is 0 Å². The molecule has 0 aliphatic carbocycles. The minimum Gasteiger partial charge on any atom is -0.394 e. The van der Waals surface area contributed by atoms with Gasteiger partial charge in [0.05, 0.1) is 6.61 Å². The molecule has 0 aromatic heterocycles. The van der Waals surface area contributed by atoms with Gasteiger partial charge in [-0.3, -0.25) is 4.79 Å². The van der Waals surface area contributed by atoms with E-state index in [1.165, 1.54) is 0 Å². The number of rotatable bonds is 7. The lowest BCUT2D eigenvalue weighted by atomic mass is 10.0. The predicted molar refractivity (Wildman–Crippen MR) is 57.9 cm³/mol. The van der Waals surface area contributed by atoms with E-state index >= 15 is 0 Å². The van der Waals surface area contributed by atoms with Gasteiger partial charge in [-0.05, 0) is 0 Å². The largest absolute Gasteiger partial charge is 0.394 e. The Hall–Kier alpha value is -0.250. The molecule has 7 nitrogen and oxygen atoms in total. The van der Waals surface area contributed by atoms with Gasteiger partial charge in [0.15, 0.2) is 6.10 Å². The summed E-state index contributed by atoms with van der Waals surface area (Å²) in [5.41, 5.74) is 0. The Labute approximate surface area is 101 Å². The summed E-state index contributed by atoms with van der Waals surface area (Å²) in [6.45, 7) is -0.533. The van der Waals surface area contributed by atoms with Crippen LogP contribution in [0.15, 0.2) is 0 Å². The first-order valence-electron chi connectivity index (χ1n) is 4.62. The quantitative estimate of drug-likeness (QED) is 0.277. The van der Waals surface area contributed by atoms with Crippen LogP contribution < -0.4 is 5.32 Å². The minimum absolute atomic E-state index is 0.251. The van der Waals surface area contributed by atoms with Gasteiger partial charge in [0.25, 0.3) is 5.91 Å². The van der Waals surface area contributed by atoms with E-state index < -0.39 is 36.9 Å². The second-order valence-electron chi connectivity index (χ2n) is 3.16. The van der Waals surface area contributed by atoms with Crippen molar-refractivity contribution in [2.24, 2.45) is 0 Å². The monoisotopic (exact) mass is 301 g/mol. The normalized spacial score (nSPS) is 18.6. The van der Waals surface area contributed by atoms with Gasteiger partial charge in [-0.25, -0.2) is 0 Å². The van der Waals surface area contributed by atoms with Gasteiger partial charge in [0.1, 0.15) is 18.3 Å². The van der Waals surface area contributed by atoms with Crippen molar-refractivity contribution >= 4 is 21.8 Å². The molecule has 16 heavy (non-hydrogen) atoms. The highest BCUT2D eigenvalue weighted by Crippen LogP contribution is 2.05. The Balaban J connectivity index is 4.25. The number of halogens is 1. The fraction of sp³-hybridized carbons (Fsp3) is 0.875. The third-order valence-electron chi connectivity index (χ3n) is 1.92. The Morgan fingerprint density at radius 2 is 1.75 bits per heavy atom. The summed E-state index contributed by atoms with van der Waals surface area (Å²) in [5, 5.41) is 48.1. The van der Waals surface area contributed by atoms with E-state index in [4.69, 9.17) is 10.2 Å². The van der Waals surface area contributed by atoms with Crippen molar-refractivity contribution in [1.29, 1.82) is 0 Å². The highest BCUT2D eigenvalue weighted by molar-refractivity contribution is 9.09. The number of hydrogen-bond donors (Lipinski definition) is 6. The fourth-order valence-electron chi connectivity index (χ4n) is 0.952. The van der Waals surface area contributed by atoms with Crippen molar-refractivity contribution in [3.05, 3.63) is 0 Å². The maximum Gasteiger partial charge on any atom is 0.251 e. The standard InChI is InChI=1S/C8H16BrNO6/c9-1-2-10-8(16)7(15)6(14)5(13)4(12)3-11/h4-7,11-15H,1-3H2,(H,10,16)/t4-,5-,6-,7-/m1/s1. The van der Waals surface area contributed by atoms with Crippen LogP contribution in [0, 0.1) is 0 Å². The number of aliphatic hydroxyl groups is 5. The Morgan fingerprint density at radius 1 is 1.19 bits per heavy atom. The fourth-order valence-corrected chi connectivity index (χ4v) is 1.15. The highest BCUT2D eigenvalue weighted by atomic mass is 79.9. The summed E-state index contributed by atoms with van der Waals surface area (Å²) in [5.74, 6) is -0.865. The molecule has 0 rings (SSSR count). The van der Waals surface area contributed by atoms with Crippen molar-refractivity contribution < 1.29 is 30.3 Å². The number of aliphatic hydroxyl groups excluding tert-OH is 5. The van der Waals surface area contributed by atoms with Crippen LogP contribution in [0.3, 0.4) is 0 Å². The lowest BCUT2D eigenvalue weighted by Crippen LogP contribution is -2.51. The van der Waals surface area contributed by atoms with Crippen LogP contribution in [0.2, 0.25) is 0 Å². The third-order valence-corrected chi connectivity index (χ3v) is 2.31. The second-order valence-corrected chi connectivity index (χ2v) is 3.95. The summed E-state index contributed by atoms with van der Waals surface area (Å²) in [6, 6.07) is 0. The van der Waals surface area contributed by atoms with Crippen LogP contribution in [-0.4, -0.2) is 74.3 Å². The molecule has 0 aliphatic rings. The van der Waals surface area contributed by atoms with Gasteiger partial charge >= 0.3 is 0 Å². The number of alkyl halides is 1. The molecule has 0 saturated heterocycles. The second kappa shape index (κ2) is 7.93. The zero-order valence-electron chi connectivity index (χ0n) is 8.45. The van der Waals surface area contributed by atoms with E-state index in [1.54, 1.807) is 0 Å². The van der Waals surface area contributed by atoms with Gasteiger partial charge in [0, 0.05) is 11.9 Å². The molecule has 96 valence electrons. The molecular formula is C8H16BrNO6. The molecule has 0 bridgehead atoms. The highest BCUT2D eigenvalue weighted by Gasteiger charge is 2.33. The van der Waals surface area contributed by atoms with Crippen LogP contribution in [0.4, 0.5) is 0 Å². The van der Waals surface area contributed by atoms with E-state index in [0.29, 0.717) is 5.33 Å². The summed E-state index contributed by atoms with van der Waals surface area (Å²) >= 11 is 3.05. The van der Waals surface area contributed by atoms with Crippen LogP contribution in [0.1, 0.15) is 0 Å². The lowest BCUT2D eigenvalue weighted by molar-refractivity contribution is -0.148. The van der Waals surface area contributed by atoms with E-state index in [0.717, 1.165) is 0 Å². The molecule has 0 heterocycles. The molecule has 0 fully saturated rings. The molecule has 0 saturated carbocycles. The number of nitrogens with one attached hydrogen (secondary N) is 1. The Bertz CT molecular complexity index is 217. The van der Waals surface area contributed by atoms with Crippen LogP contribution >= 0.6 is 15.9 Å². The number of carbonyl (C=O) groups excluding carboxylic acids is 1. The average Bonchev–Trinajstić information content (AvgIpc) is 2.31. The number of hydrogen-bond acceptors (Lipinski definition) is 6. The SMILES string of the molecule is O=C(NCCBr)[C@H](O)[C@H](O)[C@H](O)[C@H](O)CO. The van der Waals surface area contributed by atoms with E-state index in [-0.39, 0.29) is 6.54 Å². The number of amides is 1. The molecule has 0 aromatic carbocycles. The van der Waals surface area contributed by atoms with Crippen molar-refractivity contribution in [2.45, 2.75) is 24.4 Å². The number of carbonyl (C=O) groups is 1. The van der Waals surface area contributed by atoms with Gasteiger partial charge in [-0.15, -0.1) is 0 Å². The van der Waals surface area contributed by atoms with Crippen LogP contribution in [0.25, 0.3) is 0 Å². The summed E-state index contributed by atoms with van der Waals surface area (Å²) in [7, 11) is 0. The lowest BCUT2D eigenvalue weighted by Gasteiger charge is -2.24. The first-order valence-corrected chi connectivity index (χ1v) is 5.74. The topological polar surface area (TPSA) is 130 Å². The van der Waals surface area contributed by atoms with Crippen molar-refractivity contribution in [3.8, 4) is 0 Å². The van der Waals surface area contributed by atoms with Crippen molar-refractivity contribution in [1.82, 2.24) is 5.32 Å². The summed E-state index contributed by atoms with van der Waals surface area (Å²) in [6.07, 6.45) is -7.14. The third kappa shape index (κ3) is 4.73. The van der Waals surface area contributed by atoms with Crippen molar-refractivity contribution in [2.75, 3.05) is 18.5 Å². The average molecular weight is 302 g/mol. The van der Waals surface area contributed by atoms with Crippen LogP contribution in [-0.2, 0) is 4.79 Å². The molecule has 0 radical (unpaired) electrons. The zero-order valence-corrected chi connectivity index (χ0v) is 10.0. The molecule has 6 N–H and O–H groups in total. The first kappa shape index (κ1) is 15.8. The van der Waals surface area contributed by atoms with E-state index in [1.807, 2.05) is 0 Å². The molecule has 4 atom stereocenters. The molecule has 0 aromatic rings. The van der Waals surface area contributed by atoms with Gasteiger partial charge in [-0.1, -0.05) is 15.9 Å². The van der Waals surface area contributed by atoms with Gasteiger partial charge in [0.2, 0.25) is 0 Å². The first-order chi connectivity index (χ1) is 7.45. The molecule has 1 amide bonds. The maximum atomic E-state index is 11.2. The van der Waals surface area contributed by atoms with E-state index in [9.17, 15) is 20.1 Å². The summed E-state index contributed by atoms with van der Waals surface area (Å²) < 4.78 is 0. The smallest absolute Gasteiger partial charge is 0.251 e. The minimum atomic E-state index is -1.87. The van der Waals surface area contributed by atoms with E-state index in [2.05, 4.69) is 21.2 Å². The van der Waals surface area contributed by atoms with Crippen LogP contribution in [0.5, 0.6) is 0 Å². The molecular weight excluding hydrogens is 286 g/mol. The Kier molecular flexibility index (Phi) is 7.81. The summed E-state index contributed by atoms with van der Waals surface area (Å²) in [4.78, 5) is 11.2. The molecule has 0 unspecified atom stereocenters. The molecule has 8 heteroatoms.